The Morgan fingerprint density at radius 3 is 2.59 bits per heavy atom. The van der Waals surface area contributed by atoms with Gasteiger partial charge in [0, 0.05) is 17.8 Å². The van der Waals surface area contributed by atoms with Gasteiger partial charge in [-0.2, -0.15) is 5.10 Å². The molecule has 2 aliphatic carbocycles. The molecule has 0 bridgehead atoms. The highest BCUT2D eigenvalue weighted by atomic mass is 16.2. The molecular weight excluding hydrogens is 342 g/mol. The molecule has 3 amide bonds. The first-order valence-corrected chi connectivity index (χ1v) is 10.2. The summed E-state index contributed by atoms with van der Waals surface area (Å²) in [7, 11) is 0. The fourth-order valence-electron chi connectivity index (χ4n) is 4.39. The third kappa shape index (κ3) is 3.96. The van der Waals surface area contributed by atoms with Crippen molar-refractivity contribution in [3.63, 3.8) is 0 Å². The molecule has 1 atom stereocenters. The summed E-state index contributed by atoms with van der Waals surface area (Å²) in [5, 5.41) is 13.5. The second-order valence-electron chi connectivity index (χ2n) is 8.82. The van der Waals surface area contributed by atoms with Crippen LogP contribution in [0.2, 0.25) is 0 Å². The number of carbonyl (C=O) groups is 2. The molecule has 1 saturated carbocycles. The van der Waals surface area contributed by atoms with Crippen LogP contribution in [0.5, 0.6) is 0 Å². The average molecular weight is 376 g/mol. The van der Waals surface area contributed by atoms with E-state index in [2.05, 4.69) is 46.5 Å². The largest absolute Gasteiger partial charge is 0.347 e. The number of nitrogens with one attached hydrogen (secondary N) is 3. The maximum Gasteiger partial charge on any atom is 0.315 e. The lowest BCUT2D eigenvalue weighted by Crippen LogP contribution is -2.59. The van der Waals surface area contributed by atoms with Crippen LogP contribution in [-0.4, -0.2) is 33.8 Å². The number of amides is 3. The Bertz CT molecular complexity index is 698. The van der Waals surface area contributed by atoms with E-state index in [9.17, 15) is 9.59 Å². The van der Waals surface area contributed by atoms with E-state index < -0.39 is 5.54 Å². The van der Waals surface area contributed by atoms with Gasteiger partial charge in [0.15, 0.2) is 0 Å². The number of carbonyl (C=O) groups excluding carboxylic acids is 2. The summed E-state index contributed by atoms with van der Waals surface area (Å²) in [5.41, 5.74) is 1.47. The third-order valence-electron chi connectivity index (χ3n) is 5.71. The zero-order chi connectivity index (χ0) is 19.7. The van der Waals surface area contributed by atoms with Gasteiger partial charge in [-0.15, -0.1) is 0 Å². The first-order valence-electron chi connectivity index (χ1n) is 10.2. The molecular formula is C20H33N5O2. The summed E-state index contributed by atoms with van der Waals surface area (Å²) >= 11 is 0. The zero-order valence-electron chi connectivity index (χ0n) is 17.0. The summed E-state index contributed by atoms with van der Waals surface area (Å²) in [6.45, 7) is 8.85. The van der Waals surface area contributed by atoms with Crippen LogP contribution in [0.1, 0.15) is 83.5 Å². The van der Waals surface area contributed by atoms with Gasteiger partial charge in [0.25, 0.3) is 0 Å². The SMILES string of the molecule is CCNC(=O)NC1(C(=O)NC2CCCc3c2cnn3C(C)(C)C)CCCC1. The van der Waals surface area contributed by atoms with E-state index in [4.69, 9.17) is 0 Å². The third-order valence-corrected chi connectivity index (χ3v) is 5.71. The Labute approximate surface area is 161 Å². The minimum Gasteiger partial charge on any atom is -0.347 e. The Morgan fingerprint density at radius 1 is 1.26 bits per heavy atom. The predicted molar refractivity (Wildman–Crippen MR) is 104 cm³/mol. The van der Waals surface area contributed by atoms with E-state index in [1.807, 2.05) is 13.1 Å². The lowest BCUT2D eigenvalue weighted by molar-refractivity contribution is -0.128. The Balaban J connectivity index is 1.78. The molecule has 0 aliphatic heterocycles. The van der Waals surface area contributed by atoms with E-state index in [-0.39, 0.29) is 23.5 Å². The van der Waals surface area contributed by atoms with Gasteiger partial charge in [-0.05, 0) is 59.8 Å². The zero-order valence-corrected chi connectivity index (χ0v) is 17.0. The Hall–Kier alpha value is -2.05. The van der Waals surface area contributed by atoms with Crippen LogP contribution in [0.25, 0.3) is 0 Å². The lowest BCUT2D eigenvalue weighted by atomic mass is 9.90. The minimum absolute atomic E-state index is 0.0362. The van der Waals surface area contributed by atoms with Gasteiger partial charge in [-0.3, -0.25) is 9.48 Å². The van der Waals surface area contributed by atoms with Crippen LogP contribution < -0.4 is 16.0 Å². The number of urea groups is 1. The summed E-state index contributed by atoms with van der Waals surface area (Å²) in [5.74, 6) is -0.0624. The quantitative estimate of drug-likeness (QED) is 0.756. The number of hydrogen-bond donors (Lipinski definition) is 3. The molecule has 1 aromatic heterocycles. The Kier molecular flexibility index (Phi) is 5.49. The molecule has 1 unspecified atom stereocenters. The molecule has 150 valence electrons. The van der Waals surface area contributed by atoms with Crippen LogP contribution in [0.3, 0.4) is 0 Å². The van der Waals surface area contributed by atoms with E-state index in [0.717, 1.165) is 37.7 Å². The summed E-state index contributed by atoms with van der Waals surface area (Å²) in [6, 6.07) is -0.301. The number of nitrogens with zero attached hydrogens (tertiary/aromatic N) is 2. The number of aromatic nitrogens is 2. The molecule has 0 spiro atoms. The summed E-state index contributed by atoms with van der Waals surface area (Å²) in [4.78, 5) is 25.3. The van der Waals surface area contributed by atoms with Crippen molar-refractivity contribution in [1.29, 1.82) is 0 Å². The van der Waals surface area contributed by atoms with Crippen LogP contribution in [0.4, 0.5) is 4.79 Å². The highest BCUT2D eigenvalue weighted by Gasteiger charge is 2.43. The number of hydrogen-bond acceptors (Lipinski definition) is 3. The van der Waals surface area contributed by atoms with Crippen molar-refractivity contribution in [2.45, 2.75) is 89.8 Å². The number of fused-ring (bicyclic) bond motifs is 1. The predicted octanol–water partition coefficient (Wildman–Crippen LogP) is 2.76. The summed E-state index contributed by atoms with van der Waals surface area (Å²) < 4.78 is 2.08. The summed E-state index contributed by atoms with van der Waals surface area (Å²) in [6.07, 6.45) is 8.12. The minimum atomic E-state index is -0.795. The van der Waals surface area contributed by atoms with Crippen LogP contribution in [0.15, 0.2) is 6.20 Å². The van der Waals surface area contributed by atoms with Gasteiger partial charge in [-0.25, -0.2) is 4.79 Å². The van der Waals surface area contributed by atoms with Crippen molar-refractivity contribution in [1.82, 2.24) is 25.7 Å². The standard InChI is InChI=1S/C20H33N5O2/c1-5-21-18(27)24-20(11-6-7-12-20)17(26)23-15-9-8-10-16-14(15)13-22-25(16)19(2,3)4/h13,15H,5-12H2,1-4H3,(H,23,26)(H2,21,24,27). The fraction of sp³-hybridized carbons (Fsp3) is 0.750. The van der Waals surface area contributed by atoms with Gasteiger partial charge in [-0.1, -0.05) is 12.8 Å². The van der Waals surface area contributed by atoms with Crippen LogP contribution >= 0.6 is 0 Å². The van der Waals surface area contributed by atoms with Crippen molar-refractivity contribution in [3.05, 3.63) is 17.5 Å². The van der Waals surface area contributed by atoms with E-state index >= 15 is 0 Å². The fourth-order valence-corrected chi connectivity index (χ4v) is 4.39. The second kappa shape index (κ2) is 7.52. The topological polar surface area (TPSA) is 88.1 Å². The normalized spacial score (nSPS) is 21.4. The van der Waals surface area contributed by atoms with Crippen molar-refractivity contribution < 1.29 is 9.59 Å². The van der Waals surface area contributed by atoms with E-state index in [1.165, 1.54) is 5.69 Å². The van der Waals surface area contributed by atoms with Crippen LogP contribution in [0, 0.1) is 0 Å². The van der Waals surface area contributed by atoms with Crippen molar-refractivity contribution in [2.24, 2.45) is 0 Å². The first-order chi connectivity index (χ1) is 12.8. The van der Waals surface area contributed by atoms with Gasteiger partial charge in [0.2, 0.25) is 5.91 Å². The molecule has 0 aromatic carbocycles. The highest BCUT2D eigenvalue weighted by Crippen LogP contribution is 2.35. The van der Waals surface area contributed by atoms with Gasteiger partial charge in [0.05, 0.1) is 17.8 Å². The molecule has 1 fully saturated rings. The maximum absolute atomic E-state index is 13.2. The van der Waals surface area contributed by atoms with Crippen molar-refractivity contribution >= 4 is 11.9 Å². The molecule has 0 radical (unpaired) electrons. The van der Waals surface area contributed by atoms with E-state index in [0.29, 0.717) is 19.4 Å². The molecule has 0 saturated heterocycles. The molecule has 2 aliphatic rings. The molecule has 1 heterocycles. The lowest BCUT2D eigenvalue weighted by Gasteiger charge is -2.33. The van der Waals surface area contributed by atoms with Gasteiger partial charge in [0.1, 0.15) is 5.54 Å². The van der Waals surface area contributed by atoms with Crippen molar-refractivity contribution in [3.8, 4) is 0 Å². The Morgan fingerprint density at radius 2 is 1.96 bits per heavy atom. The van der Waals surface area contributed by atoms with Crippen molar-refractivity contribution in [2.75, 3.05) is 6.54 Å². The second-order valence-corrected chi connectivity index (χ2v) is 8.82. The molecule has 7 nitrogen and oxygen atoms in total. The first kappa shape index (κ1) is 19.7. The van der Waals surface area contributed by atoms with Gasteiger partial charge >= 0.3 is 6.03 Å². The molecule has 3 rings (SSSR count). The van der Waals surface area contributed by atoms with Crippen LogP contribution in [-0.2, 0) is 16.8 Å². The van der Waals surface area contributed by atoms with Gasteiger partial charge < -0.3 is 16.0 Å². The average Bonchev–Trinajstić information content (AvgIpc) is 3.22. The van der Waals surface area contributed by atoms with E-state index in [1.54, 1.807) is 0 Å². The smallest absolute Gasteiger partial charge is 0.315 e. The maximum atomic E-state index is 13.2. The number of rotatable bonds is 4. The highest BCUT2D eigenvalue weighted by molar-refractivity contribution is 5.91. The molecule has 1 aromatic rings. The molecule has 3 N–H and O–H groups in total. The monoisotopic (exact) mass is 375 g/mol. The molecule has 27 heavy (non-hydrogen) atoms. The molecule has 7 heteroatoms.